The lowest BCUT2D eigenvalue weighted by molar-refractivity contribution is -0.141. The monoisotopic (exact) mass is 223 g/mol. The summed E-state index contributed by atoms with van der Waals surface area (Å²) >= 11 is 0. The zero-order valence-electron chi connectivity index (χ0n) is 8.88. The number of carbonyl (C=O) groups is 2. The lowest BCUT2D eigenvalue weighted by Gasteiger charge is -2.21. The normalized spacial score (nSPS) is 14.1. The van der Waals surface area contributed by atoms with Crippen LogP contribution >= 0.6 is 0 Å². The molecule has 86 valence electrons. The Labute approximate surface area is 92.5 Å². The molecule has 3 N–H and O–H groups in total. The van der Waals surface area contributed by atoms with Gasteiger partial charge in [0.1, 0.15) is 5.69 Å². The van der Waals surface area contributed by atoms with Crippen LogP contribution in [0.5, 0.6) is 0 Å². The van der Waals surface area contributed by atoms with E-state index in [2.05, 4.69) is 10.2 Å². The molecule has 0 fully saturated rings. The molecule has 0 aromatic carbocycles. The van der Waals surface area contributed by atoms with Crippen molar-refractivity contribution in [3.05, 3.63) is 24.0 Å². The lowest BCUT2D eigenvalue weighted by atomic mass is 9.88. The number of nitrogens with two attached hydrogens (primary N) is 1. The summed E-state index contributed by atoms with van der Waals surface area (Å²) < 4.78 is 0. The van der Waals surface area contributed by atoms with Gasteiger partial charge in [0.2, 0.25) is 5.78 Å². The second kappa shape index (κ2) is 4.80. The van der Waals surface area contributed by atoms with Crippen LogP contribution in [0.2, 0.25) is 0 Å². The molecule has 16 heavy (non-hydrogen) atoms. The quantitative estimate of drug-likeness (QED) is 0.547. The van der Waals surface area contributed by atoms with E-state index in [0.29, 0.717) is 6.42 Å². The largest absolute Gasteiger partial charge is 0.480 e. The van der Waals surface area contributed by atoms with Crippen molar-refractivity contribution in [3.63, 3.8) is 0 Å². The highest BCUT2D eigenvalue weighted by atomic mass is 16.4. The summed E-state index contributed by atoms with van der Waals surface area (Å²) in [4.78, 5) is 22.9. The van der Waals surface area contributed by atoms with Gasteiger partial charge in [0.05, 0.1) is 0 Å². The van der Waals surface area contributed by atoms with Crippen LogP contribution in [0.3, 0.4) is 0 Å². The molecule has 0 aliphatic rings. The van der Waals surface area contributed by atoms with Crippen molar-refractivity contribution >= 4 is 11.8 Å². The molecule has 0 bridgehead atoms. The van der Waals surface area contributed by atoms with Gasteiger partial charge < -0.3 is 10.8 Å². The molecule has 1 aromatic rings. The molecule has 6 heteroatoms. The standard InChI is InChI=1S/C10H13N3O3/c1-2-5-10(11,9(15)16)8(14)7-4-3-6-12-13-7/h3-4,6H,2,5,11H2,1H3,(H,15,16). The molecular formula is C10H13N3O3. The molecule has 0 saturated carbocycles. The van der Waals surface area contributed by atoms with Crippen molar-refractivity contribution < 1.29 is 14.7 Å². The number of aromatic nitrogens is 2. The fourth-order valence-electron chi connectivity index (χ4n) is 1.36. The Morgan fingerprint density at radius 2 is 2.25 bits per heavy atom. The Balaban J connectivity index is 3.06. The van der Waals surface area contributed by atoms with E-state index < -0.39 is 17.3 Å². The predicted octanol–water partition coefficient (Wildman–Crippen LogP) is 0.241. The highest BCUT2D eigenvalue weighted by molar-refractivity contribution is 6.14. The Kier molecular flexibility index (Phi) is 3.68. The first kappa shape index (κ1) is 12.3. The van der Waals surface area contributed by atoms with E-state index in [9.17, 15) is 9.59 Å². The summed E-state index contributed by atoms with van der Waals surface area (Å²) in [7, 11) is 0. The van der Waals surface area contributed by atoms with Crippen molar-refractivity contribution in [3.8, 4) is 0 Å². The molecule has 0 radical (unpaired) electrons. The van der Waals surface area contributed by atoms with Gasteiger partial charge >= 0.3 is 5.97 Å². The Hall–Kier alpha value is -1.82. The number of rotatable bonds is 5. The fraction of sp³-hybridized carbons (Fsp3) is 0.400. The molecule has 1 rings (SSSR count). The Morgan fingerprint density at radius 3 is 2.69 bits per heavy atom. The number of hydrogen-bond acceptors (Lipinski definition) is 5. The number of hydrogen-bond donors (Lipinski definition) is 2. The Bertz CT molecular complexity index is 394. The highest BCUT2D eigenvalue weighted by Crippen LogP contribution is 2.15. The molecule has 0 aliphatic carbocycles. The third kappa shape index (κ3) is 2.22. The summed E-state index contributed by atoms with van der Waals surface area (Å²) in [6.07, 6.45) is 1.96. The first-order chi connectivity index (χ1) is 7.52. The van der Waals surface area contributed by atoms with E-state index in [4.69, 9.17) is 10.8 Å². The van der Waals surface area contributed by atoms with Crippen molar-refractivity contribution in [1.82, 2.24) is 10.2 Å². The van der Waals surface area contributed by atoms with Crippen LogP contribution in [0, 0.1) is 0 Å². The van der Waals surface area contributed by atoms with E-state index >= 15 is 0 Å². The maximum Gasteiger partial charge on any atom is 0.331 e. The minimum absolute atomic E-state index is 0.0270. The second-order valence-corrected chi connectivity index (χ2v) is 3.46. The number of Topliss-reactive ketones (excluding diaryl/α,β-unsaturated/α-hetero) is 1. The average molecular weight is 223 g/mol. The highest BCUT2D eigenvalue weighted by Gasteiger charge is 2.42. The van der Waals surface area contributed by atoms with Crippen LogP contribution in [-0.4, -0.2) is 32.6 Å². The van der Waals surface area contributed by atoms with Crippen LogP contribution in [0.1, 0.15) is 30.3 Å². The van der Waals surface area contributed by atoms with Gasteiger partial charge in [-0.1, -0.05) is 13.3 Å². The summed E-state index contributed by atoms with van der Waals surface area (Å²) in [6, 6.07) is 2.91. The van der Waals surface area contributed by atoms with E-state index in [-0.39, 0.29) is 12.1 Å². The van der Waals surface area contributed by atoms with Crippen LogP contribution in [0.25, 0.3) is 0 Å². The van der Waals surface area contributed by atoms with Crippen LogP contribution in [0.4, 0.5) is 0 Å². The zero-order chi connectivity index (χ0) is 12.2. The van der Waals surface area contributed by atoms with Gasteiger partial charge in [0.25, 0.3) is 0 Å². The number of nitrogens with zero attached hydrogens (tertiary/aromatic N) is 2. The maximum atomic E-state index is 11.9. The van der Waals surface area contributed by atoms with Crippen molar-refractivity contribution in [2.24, 2.45) is 5.73 Å². The molecule has 1 atom stereocenters. The molecular weight excluding hydrogens is 210 g/mol. The van der Waals surface area contributed by atoms with Gasteiger partial charge in [-0.15, -0.1) is 5.10 Å². The van der Waals surface area contributed by atoms with E-state index in [1.807, 2.05) is 0 Å². The minimum atomic E-state index is -1.91. The summed E-state index contributed by atoms with van der Waals surface area (Å²) in [5.41, 5.74) is 3.67. The van der Waals surface area contributed by atoms with Crippen LogP contribution in [-0.2, 0) is 4.79 Å². The number of aliphatic carboxylic acids is 1. The van der Waals surface area contributed by atoms with Crippen molar-refractivity contribution in [1.29, 1.82) is 0 Å². The number of carboxylic acids is 1. The van der Waals surface area contributed by atoms with Crippen LogP contribution < -0.4 is 5.73 Å². The molecule has 6 nitrogen and oxygen atoms in total. The van der Waals surface area contributed by atoms with E-state index in [1.165, 1.54) is 18.3 Å². The third-order valence-electron chi connectivity index (χ3n) is 2.24. The molecule has 1 heterocycles. The minimum Gasteiger partial charge on any atom is -0.480 e. The van der Waals surface area contributed by atoms with Crippen LogP contribution in [0.15, 0.2) is 18.3 Å². The smallest absolute Gasteiger partial charge is 0.331 e. The predicted molar refractivity (Wildman–Crippen MR) is 55.8 cm³/mol. The summed E-state index contributed by atoms with van der Waals surface area (Å²) in [6.45, 7) is 1.76. The second-order valence-electron chi connectivity index (χ2n) is 3.46. The van der Waals surface area contributed by atoms with E-state index in [1.54, 1.807) is 6.92 Å². The molecule has 1 unspecified atom stereocenters. The SMILES string of the molecule is CCCC(N)(C(=O)O)C(=O)c1cccnn1. The van der Waals surface area contributed by atoms with Gasteiger partial charge in [0.15, 0.2) is 5.54 Å². The molecule has 0 aliphatic heterocycles. The third-order valence-corrected chi connectivity index (χ3v) is 2.24. The van der Waals surface area contributed by atoms with E-state index in [0.717, 1.165) is 0 Å². The number of ketones is 1. The van der Waals surface area contributed by atoms with Crippen molar-refractivity contribution in [2.75, 3.05) is 0 Å². The van der Waals surface area contributed by atoms with Gasteiger partial charge in [-0.25, -0.2) is 4.79 Å². The zero-order valence-corrected chi connectivity index (χ0v) is 8.88. The van der Waals surface area contributed by atoms with Gasteiger partial charge in [-0.05, 0) is 18.6 Å². The molecule has 1 aromatic heterocycles. The molecule has 0 spiro atoms. The number of carbonyl (C=O) groups excluding carboxylic acids is 1. The van der Waals surface area contributed by atoms with Gasteiger partial charge in [-0.2, -0.15) is 5.10 Å². The van der Waals surface area contributed by atoms with Crippen molar-refractivity contribution in [2.45, 2.75) is 25.3 Å². The molecule has 0 saturated heterocycles. The van der Waals surface area contributed by atoms with Gasteiger partial charge in [0, 0.05) is 6.20 Å². The number of carboxylic acid groups (broad SMARTS) is 1. The summed E-state index contributed by atoms with van der Waals surface area (Å²) in [5, 5.41) is 16.1. The first-order valence-corrected chi connectivity index (χ1v) is 4.87. The topological polar surface area (TPSA) is 106 Å². The molecule has 0 amide bonds. The lowest BCUT2D eigenvalue weighted by Crippen LogP contribution is -2.55. The summed E-state index contributed by atoms with van der Waals surface area (Å²) in [5.74, 6) is -2.06. The average Bonchev–Trinajstić information content (AvgIpc) is 2.29. The Morgan fingerprint density at radius 1 is 1.56 bits per heavy atom. The maximum absolute atomic E-state index is 11.9. The fourth-order valence-corrected chi connectivity index (χ4v) is 1.36. The first-order valence-electron chi connectivity index (χ1n) is 4.87. The van der Waals surface area contributed by atoms with Gasteiger partial charge in [-0.3, -0.25) is 4.79 Å².